The molecule has 0 saturated carbocycles. The summed E-state index contributed by atoms with van der Waals surface area (Å²) in [6.07, 6.45) is 94.4. The minimum atomic E-state index is -0.663. The van der Waals surface area contributed by atoms with Gasteiger partial charge in [-0.15, -0.1) is 0 Å². The third-order valence-electron chi connectivity index (χ3n) is 18.8. The molecule has 2 unspecified atom stereocenters. The number of nitrogens with one attached hydrogen (secondary N) is 1. The second-order valence-electron chi connectivity index (χ2n) is 27.4. The fourth-order valence-corrected chi connectivity index (χ4v) is 12.8. The third kappa shape index (κ3) is 71.6. The Kier molecular flexibility index (Phi) is 73.8. The van der Waals surface area contributed by atoms with Crippen LogP contribution in [0.3, 0.4) is 0 Å². The molecule has 0 heterocycles. The lowest BCUT2D eigenvalue weighted by Gasteiger charge is -2.22. The maximum absolute atomic E-state index is 12.6. The normalized spacial score (nSPS) is 12.5. The summed E-state index contributed by atoms with van der Waals surface area (Å²) in [5, 5.41) is 23.5. The molecule has 0 spiro atoms. The van der Waals surface area contributed by atoms with E-state index >= 15 is 0 Å². The van der Waals surface area contributed by atoms with E-state index in [0.717, 1.165) is 44.9 Å². The van der Waals surface area contributed by atoms with E-state index in [1.54, 1.807) is 0 Å². The molecule has 0 fully saturated rings. The van der Waals surface area contributed by atoms with Crippen LogP contribution in [0, 0.1) is 0 Å². The molecule has 85 heavy (non-hydrogen) atoms. The second kappa shape index (κ2) is 75.1. The number of amides is 1. The second-order valence-corrected chi connectivity index (χ2v) is 27.4. The van der Waals surface area contributed by atoms with E-state index in [4.69, 9.17) is 4.74 Å². The number of carbonyl (C=O) groups excluding carboxylic acids is 2. The van der Waals surface area contributed by atoms with E-state index in [-0.39, 0.29) is 18.5 Å². The van der Waals surface area contributed by atoms with Gasteiger partial charge in [0.25, 0.3) is 0 Å². The molecule has 1 amide bonds. The van der Waals surface area contributed by atoms with Crippen LogP contribution in [0.2, 0.25) is 0 Å². The first-order chi connectivity index (χ1) is 42.0. The Morgan fingerprint density at radius 1 is 0.318 bits per heavy atom. The number of rotatable bonds is 75. The van der Waals surface area contributed by atoms with Crippen molar-refractivity contribution < 1.29 is 24.5 Å². The van der Waals surface area contributed by atoms with Gasteiger partial charge < -0.3 is 20.3 Å². The number of ether oxygens (including phenoxy) is 1. The van der Waals surface area contributed by atoms with Crippen LogP contribution in [0.15, 0.2) is 12.2 Å². The van der Waals surface area contributed by atoms with Gasteiger partial charge >= 0.3 is 5.97 Å². The summed E-state index contributed by atoms with van der Waals surface area (Å²) in [5.74, 6) is -0.00867. The minimum absolute atomic E-state index is 0.0174. The Bertz CT molecular complexity index is 1290. The van der Waals surface area contributed by atoms with E-state index in [9.17, 15) is 19.8 Å². The average molecular weight is 1200 g/mol. The van der Waals surface area contributed by atoms with Gasteiger partial charge in [-0.3, -0.25) is 9.59 Å². The number of carbonyl (C=O) groups is 2. The van der Waals surface area contributed by atoms with Crippen molar-refractivity contribution in [3.8, 4) is 0 Å². The zero-order valence-corrected chi connectivity index (χ0v) is 58.1. The average Bonchev–Trinajstić information content (AvgIpc) is 3.51. The fraction of sp³-hybridized carbons (Fsp3) is 0.949. The van der Waals surface area contributed by atoms with Crippen molar-refractivity contribution in [3.05, 3.63) is 12.2 Å². The zero-order valence-electron chi connectivity index (χ0n) is 58.1. The molecule has 0 aromatic heterocycles. The molecule has 506 valence electrons. The molecule has 0 aliphatic rings. The molecular weight excluding hydrogens is 1040 g/mol. The molecule has 3 N–H and O–H groups in total. The highest BCUT2D eigenvalue weighted by molar-refractivity contribution is 5.76. The van der Waals surface area contributed by atoms with Gasteiger partial charge in [0.2, 0.25) is 5.91 Å². The summed E-state index contributed by atoms with van der Waals surface area (Å²) < 4.78 is 5.51. The number of hydrogen-bond donors (Lipinski definition) is 3. The molecule has 0 bridgehead atoms. The Labute approximate surface area is 533 Å². The molecule has 0 aromatic carbocycles. The molecule has 6 heteroatoms. The standard InChI is InChI=1S/C79H155NO5/c1-3-5-7-9-11-13-15-17-19-21-23-24-33-36-39-43-47-51-55-59-63-67-71-77(82)76(75-81)80-78(83)72-68-64-60-56-52-48-44-40-37-34-31-29-27-25-26-28-30-32-35-38-42-46-50-54-58-62-66-70-74-85-79(84)73-69-65-61-57-53-49-45-41-22-20-18-16-14-12-10-8-6-4-2/h20,22,76-77,81-82H,3-19,21,23-75H2,1-2H3,(H,80,83)/b22-20-. The molecule has 0 radical (unpaired) electrons. The van der Waals surface area contributed by atoms with Crippen molar-refractivity contribution in [3.63, 3.8) is 0 Å². The first-order valence-electron chi connectivity index (χ1n) is 39.4. The van der Waals surface area contributed by atoms with Crippen LogP contribution in [-0.4, -0.2) is 47.4 Å². The van der Waals surface area contributed by atoms with Crippen LogP contribution in [0.25, 0.3) is 0 Å². The highest BCUT2D eigenvalue weighted by atomic mass is 16.5. The van der Waals surface area contributed by atoms with Crippen molar-refractivity contribution >= 4 is 11.9 Å². The summed E-state index contributed by atoms with van der Waals surface area (Å²) in [7, 11) is 0. The van der Waals surface area contributed by atoms with Crippen LogP contribution in [-0.2, 0) is 14.3 Å². The molecule has 0 rings (SSSR count). The quantitative estimate of drug-likeness (QED) is 0.0320. The minimum Gasteiger partial charge on any atom is -0.466 e. The highest BCUT2D eigenvalue weighted by Gasteiger charge is 2.20. The first-order valence-corrected chi connectivity index (χ1v) is 39.4. The molecule has 2 atom stereocenters. The SMILES string of the molecule is CCCCCCCCC/C=C\CCCCCCCCCC(=O)OCCCCCCCCCCCCCCCCCCCCCCCCCCCCCCC(=O)NC(CO)C(O)CCCCCCCCCCCCCCCCCCCCCCCC. The van der Waals surface area contributed by atoms with Crippen molar-refractivity contribution in [1.82, 2.24) is 5.32 Å². The molecule has 0 aliphatic heterocycles. The van der Waals surface area contributed by atoms with E-state index in [0.29, 0.717) is 25.9 Å². The number of unbranched alkanes of at least 4 members (excludes halogenated alkanes) is 62. The van der Waals surface area contributed by atoms with Crippen molar-refractivity contribution in [2.24, 2.45) is 0 Å². The maximum Gasteiger partial charge on any atom is 0.305 e. The van der Waals surface area contributed by atoms with Gasteiger partial charge in [0.15, 0.2) is 0 Å². The van der Waals surface area contributed by atoms with E-state index in [1.807, 2.05) is 0 Å². The Morgan fingerprint density at radius 3 is 0.835 bits per heavy atom. The van der Waals surface area contributed by atoms with Gasteiger partial charge in [-0.2, -0.15) is 0 Å². The number of allylic oxidation sites excluding steroid dienone is 2. The van der Waals surface area contributed by atoms with Gasteiger partial charge in [-0.05, 0) is 51.4 Å². The number of aliphatic hydroxyl groups excluding tert-OH is 2. The van der Waals surface area contributed by atoms with Crippen LogP contribution in [0.5, 0.6) is 0 Å². The molecular formula is C79H155NO5. The van der Waals surface area contributed by atoms with Crippen molar-refractivity contribution in [2.45, 2.75) is 469 Å². The van der Waals surface area contributed by atoms with Crippen LogP contribution in [0.4, 0.5) is 0 Å². The number of aliphatic hydroxyl groups is 2. The predicted octanol–water partition coefficient (Wildman–Crippen LogP) is 25.9. The van der Waals surface area contributed by atoms with Crippen LogP contribution < -0.4 is 5.32 Å². The topological polar surface area (TPSA) is 95.9 Å². The van der Waals surface area contributed by atoms with Gasteiger partial charge in [-0.25, -0.2) is 0 Å². The highest BCUT2D eigenvalue weighted by Crippen LogP contribution is 2.20. The van der Waals surface area contributed by atoms with E-state index in [2.05, 4.69) is 31.3 Å². The Morgan fingerprint density at radius 2 is 0.553 bits per heavy atom. The molecule has 0 aromatic rings. The smallest absolute Gasteiger partial charge is 0.305 e. The summed E-state index contributed by atoms with van der Waals surface area (Å²) in [5.41, 5.74) is 0. The third-order valence-corrected chi connectivity index (χ3v) is 18.8. The lowest BCUT2D eigenvalue weighted by molar-refractivity contribution is -0.143. The van der Waals surface area contributed by atoms with Crippen molar-refractivity contribution in [1.29, 1.82) is 0 Å². The lowest BCUT2D eigenvalue weighted by atomic mass is 10.0. The zero-order chi connectivity index (χ0) is 61.3. The molecule has 6 nitrogen and oxygen atoms in total. The summed E-state index contributed by atoms with van der Waals surface area (Å²) >= 11 is 0. The molecule has 0 saturated heterocycles. The van der Waals surface area contributed by atoms with Crippen LogP contribution in [0.1, 0.15) is 457 Å². The Balaban J connectivity index is 3.33. The van der Waals surface area contributed by atoms with Crippen LogP contribution >= 0.6 is 0 Å². The number of esters is 1. The Hall–Kier alpha value is -1.40. The number of hydrogen-bond acceptors (Lipinski definition) is 5. The summed E-state index contributed by atoms with van der Waals surface area (Å²) in [4.78, 5) is 24.7. The summed E-state index contributed by atoms with van der Waals surface area (Å²) in [6, 6.07) is -0.540. The lowest BCUT2D eigenvalue weighted by Crippen LogP contribution is -2.45. The maximum atomic E-state index is 12.6. The van der Waals surface area contributed by atoms with Gasteiger partial charge in [0, 0.05) is 12.8 Å². The fourth-order valence-electron chi connectivity index (χ4n) is 12.8. The first kappa shape index (κ1) is 83.6. The predicted molar refractivity (Wildman–Crippen MR) is 375 cm³/mol. The summed E-state index contributed by atoms with van der Waals surface area (Å²) in [6.45, 7) is 5.01. The van der Waals surface area contributed by atoms with Gasteiger partial charge in [0.05, 0.1) is 25.4 Å². The largest absolute Gasteiger partial charge is 0.466 e. The van der Waals surface area contributed by atoms with E-state index < -0.39 is 12.1 Å². The monoisotopic (exact) mass is 1200 g/mol. The van der Waals surface area contributed by atoms with Gasteiger partial charge in [0.1, 0.15) is 0 Å². The van der Waals surface area contributed by atoms with Crippen molar-refractivity contribution in [2.75, 3.05) is 13.2 Å². The molecule has 0 aliphatic carbocycles. The van der Waals surface area contributed by atoms with Gasteiger partial charge in [-0.1, -0.05) is 405 Å². The van der Waals surface area contributed by atoms with E-state index in [1.165, 1.54) is 379 Å².